The first-order valence-corrected chi connectivity index (χ1v) is 7.32. The molecule has 0 radical (unpaired) electrons. The summed E-state index contributed by atoms with van der Waals surface area (Å²) in [4.78, 5) is 15.8. The van der Waals surface area contributed by atoms with Gasteiger partial charge in [0.05, 0.1) is 19.1 Å². The summed E-state index contributed by atoms with van der Waals surface area (Å²) < 4.78 is 8.05. The smallest absolute Gasteiger partial charge is 0.319 e. The molecule has 0 saturated carbocycles. The normalized spacial score (nSPS) is 10.2. The molecule has 6 nitrogen and oxygen atoms in total. The Labute approximate surface area is 131 Å². The Morgan fingerprint density at radius 2 is 2.33 bits per heavy atom. The van der Waals surface area contributed by atoms with E-state index in [1.165, 1.54) is 0 Å². The highest BCUT2D eigenvalue weighted by Crippen LogP contribution is 2.27. The van der Waals surface area contributed by atoms with Gasteiger partial charge in [-0.3, -0.25) is 0 Å². The van der Waals surface area contributed by atoms with Gasteiger partial charge in [-0.15, -0.1) is 0 Å². The van der Waals surface area contributed by atoms with Crippen LogP contribution in [0, 0.1) is 0 Å². The number of nitrogens with one attached hydrogen (secondary N) is 2. The van der Waals surface area contributed by atoms with E-state index in [1.54, 1.807) is 31.8 Å². The molecule has 2 amide bonds. The minimum Gasteiger partial charge on any atom is -0.495 e. The number of hydrogen-bond donors (Lipinski definition) is 2. The van der Waals surface area contributed by atoms with Gasteiger partial charge in [0.25, 0.3) is 0 Å². The number of nitrogens with zero attached hydrogens (tertiary/aromatic N) is 2. The summed E-state index contributed by atoms with van der Waals surface area (Å²) in [5.41, 5.74) is 0.624. The van der Waals surface area contributed by atoms with E-state index in [1.807, 2.05) is 16.8 Å². The second-order valence-corrected chi connectivity index (χ2v) is 5.30. The molecule has 7 heteroatoms. The van der Waals surface area contributed by atoms with E-state index in [2.05, 4.69) is 31.5 Å². The maximum Gasteiger partial charge on any atom is 0.319 e. The second kappa shape index (κ2) is 7.68. The zero-order valence-corrected chi connectivity index (χ0v) is 13.3. The molecule has 112 valence electrons. The number of methoxy groups -OCH3 is 1. The highest BCUT2D eigenvalue weighted by Gasteiger charge is 2.07. The van der Waals surface area contributed by atoms with Crippen LogP contribution in [0.5, 0.6) is 5.75 Å². The first-order valence-electron chi connectivity index (χ1n) is 6.53. The first-order chi connectivity index (χ1) is 10.2. The van der Waals surface area contributed by atoms with E-state index >= 15 is 0 Å². The molecule has 0 spiro atoms. The van der Waals surface area contributed by atoms with Gasteiger partial charge in [0.1, 0.15) is 5.75 Å². The number of carbonyl (C=O) groups is 1. The Morgan fingerprint density at radius 3 is 3.05 bits per heavy atom. The van der Waals surface area contributed by atoms with Crippen molar-refractivity contribution in [3.05, 3.63) is 41.4 Å². The van der Waals surface area contributed by atoms with E-state index in [9.17, 15) is 4.79 Å². The van der Waals surface area contributed by atoms with Crippen LogP contribution in [-0.2, 0) is 6.54 Å². The van der Waals surface area contributed by atoms with Crippen molar-refractivity contribution in [2.75, 3.05) is 19.0 Å². The summed E-state index contributed by atoms with van der Waals surface area (Å²) >= 11 is 3.37. The third kappa shape index (κ3) is 4.78. The minimum atomic E-state index is -0.253. The van der Waals surface area contributed by atoms with Crippen LogP contribution in [0.4, 0.5) is 10.5 Å². The van der Waals surface area contributed by atoms with Gasteiger partial charge in [-0.05, 0) is 24.6 Å². The van der Waals surface area contributed by atoms with Crippen LogP contribution in [-0.4, -0.2) is 29.2 Å². The molecule has 0 aliphatic carbocycles. The molecule has 0 bridgehead atoms. The molecule has 2 aromatic rings. The van der Waals surface area contributed by atoms with Crippen molar-refractivity contribution in [3.63, 3.8) is 0 Å². The third-order valence-electron chi connectivity index (χ3n) is 2.85. The lowest BCUT2D eigenvalue weighted by Crippen LogP contribution is -2.30. The van der Waals surface area contributed by atoms with Gasteiger partial charge in [0.2, 0.25) is 0 Å². The number of benzene rings is 1. The van der Waals surface area contributed by atoms with Gasteiger partial charge >= 0.3 is 6.03 Å². The van der Waals surface area contributed by atoms with Crippen LogP contribution in [0.2, 0.25) is 0 Å². The van der Waals surface area contributed by atoms with Gasteiger partial charge in [0, 0.05) is 30.0 Å². The monoisotopic (exact) mass is 352 g/mol. The van der Waals surface area contributed by atoms with Crippen molar-refractivity contribution in [2.24, 2.45) is 0 Å². The maximum absolute atomic E-state index is 11.8. The molecule has 21 heavy (non-hydrogen) atoms. The van der Waals surface area contributed by atoms with E-state index in [0.717, 1.165) is 17.4 Å². The summed E-state index contributed by atoms with van der Waals surface area (Å²) in [6.45, 7) is 1.40. The lowest BCUT2D eigenvalue weighted by atomic mass is 10.3. The summed E-state index contributed by atoms with van der Waals surface area (Å²) in [5.74, 6) is 0.617. The lowest BCUT2D eigenvalue weighted by molar-refractivity contribution is 0.251. The van der Waals surface area contributed by atoms with Gasteiger partial charge < -0.3 is 19.9 Å². The molecular formula is C14H17BrN4O2. The molecule has 0 saturated heterocycles. The van der Waals surface area contributed by atoms with Crippen LogP contribution in [0.25, 0.3) is 0 Å². The predicted molar refractivity (Wildman–Crippen MR) is 84.6 cm³/mol. The summed E-state index contributed by atoms with van der Waals surface area (Å²) in [6, 6.07) is 5.19. The average molecular weight is 353 g/mol. The molecule has 2 rings (SSSR count). The van der Waals surface area contributed by atoms with Crippen molar-refractivity contribution < 1.29 is 9.53 Å². The predicted octanol–water partition coefficient (Wildman–Crippen LogP) is 2.87. The highest BCUT2D eigenvalue weighted by atomic mass is 79.9. The number of urea groups is 1. The Balaban J connectivity index is 1.77. The first kappa shape index (κ1) is 15.4. The van der Waals surface area contributed by atoms with Crippen molar-refractivity contribution in [2.45, 2.75) is 13.0 Å². The zero-order chi connectivity index (χ0) is 15.1. The number of aromatic nitrogens is 2. The molecule has 0 atom stereocenters. The van der Waals surface area contributed by atoms with Crippen LogP contribution in [0.1, 0.15) is 6.42 Å². The number of amides is 2. The van der Waals surface area contributed by atoms with Crippen LogP contribution >= 0.6 is 15.9 Å². The van der Waals surface area contributed by atoms with E-state index in [-0.39, 0.29) is 6.03 Å². The Hall–Kier alpha value is -2.02. The van der Waals surface area contributed by atoms with Gasteiger partial charge in [-0.1, -0.05) is 15.9 Å². The Bertz CT molecular complexity index is 587. The van der Waals surface area contributed by atoms with Crippen LogP contribution in [0.3, 0.4) is 0 Å². The van der Waals surface area contributed by atoms with Crippen molar-refractivity contribution in [3.8, 4) is 5.75 Å². The lowest BCUT2D eigenvalue weighted by Gasteiger charge is -2.11. The SMILES string of the molecule is COc1ccc(Br)cc1NC(=O)NCCCn1ccnc1. The molecule has 0 unspecified atom stereocenters. The second-order valence-electron chi connectivity index (χ2n) is 4.38. The number of carbonyl (C=O) groups excluding carboxylic acids is 1. The molecule has 0 fully saturated rings. The molecule has 1 aromatic carbocycles. The van der Waals surface area contributed by atoms with Gasteiger partial charge in [-0.2, -0.15) is 0 Å². The van der Waals surface area contributed by atoms with Gasteiger partial charge in [-0.25, -0.2) is 9.78 Å². The molecule has 2 N–H and O–H groups in total. The van der Waals surface area contributed by atoms with Crippen molar-refractivity contribution in [1.29, 1.82) is 0 Å². The number of halogens is 1. The maximum atomic E-state index is 11.8. The van der Waals surface area contributed by atoms with Crippen molar-refractivity contribution >= 4 is 27.6 Å². The fourth-order valence-electron chi connectivity index (χ4n) is 1.83. The molecule has 1 aromatic heterocycles. The summed E-state index contributed by atoms with van der Waals surface area (Å²) in [5, 5.41) is 5.58. The molecule has 1 heterocycles. The third-order valence-corrected chi connectivity index (χ3v) is 3.34. The van der Waals surface area contributed by atoms with Crippen LogP contribution in [0.15, 0.2) is 41.4 Å². The van der Waals surface area contributed by atoms with E-state index in [0.29, 0.717) is 18.0 Å². The fourth-order valence-corrected chi connectivity index (χ4v) is 2.19. The standard InChI is InChI=1S/C14H17BrN4O2/c1-21-13-4-3-11(15)9-12(13)18-14(20)17-5-2-7-19-8-6-16-10-19/h3-4,6,8-10H,2,5,7H2,1H3,(H2,17,18,20). The number of hydrogen-bond acceptors (Lipinski definition) is 3. The Kier molecular flexibility index (Phi) is 5.62. The van der Waals surface area contributed by atoms with E-state index in [4.69, 9.17) is 4.74 Å². The average Bonchev–Trinajstić information content (AvgIpc) is 2.97. The fraction of sp³-hybridized carbons (Fsp3) is 0.286. The number of aryl methyl sites for hydroxylation is 1. The molecular weight excluding hydrogens is 336 g/mol. The largest absolute Gasteiger partial charge is 0.495 e. The van der Waals surface area contributed by atoms with Gasteiger partial charge in [0.15, 0.2) is 0 Å². The van der Waals surface area contributed by atoms with Crippen molar-refractivity contribution in [1.82, 2.24) is 14.9 Å². The summed E-state index contributed by atoms with van der Waals surface area (Å²) in [7, 11) is 1.57. The van der Waals surface area contributed by atoms with E-state index < -0.39 is 0 Å². The quantitative estimate of drug-likeness (QED) is 0.785. The Morgan fingerprint density at radius 1 is 1.48 bits per heavy atom. The number of anilines is 1. The van der Waals surface area contributed by atoms with Crippen LogP contribution < -0.4 is 15.4 Å². The zero-order valence-electron chi connectivity index (χ0n) is 11.7. The topological polar surface area (TPSA) is 68.2 Å². The summed E-state index contributed by atoms with van der Waals surface area (Å²) in [6.07, 6.45) is 6.22. The number of rotatable bonds is 6. The molecule has 0 aliphatic heterocycles. The highest BCUT2D eigenvalue weighted by molar-refractivity contribution is 9.10. The number of ether oxygens (including phenoxy) is 1. The molecule has 0 aliphatic rings. The minimum absolute atomic E-state index is 0.253. The number of imidazole rings is 1.